The molecule has 58 valence electrons. The maximum absolute atomic E-state index is 9.92. The number of carbonyl (C=O) groups is 1. The Morgan fingerprint density at radius 3 is 2.70 bits per heavy atom. The van der Waals surface area contributed by atoms with Crippen molar-refractivity contribution in [3.8, 4) is 0 Å². The van der Waals surface area contributed by atoms with Crippen LogP contribution in [0.1, 0.15) is 13.8 Å². The summed E-state index contributed by atoms with van der Waals surface area (Å²) < 4.78 is 0. The van der Waals surface area contributed by atoms with Crippen molar-refractivity contribution < 1.29 is 9.90 Å². The van der Waals surface area contributed by atoms with Crippen molar-refractivity contribution in [3.63, 3.8) is 0 Å². The summed E-state index contributed by atoms with van der Waals surface area (Å²) >= 11 is 0. The van der Waals surface area contributed by atoms with Gasteiger partial charge in [-0.3, -0.25) is 0 Å². The third-order valence-corrected chi connectivity index (χ3v) is 0.870. The average molecular weight is 143 g/mol. The molecule has 0 aliphatic carbocycles. The SMILES string of the molecule is CC(C)CN/C=C/C(=O)O. The molecule has 0 aromatic carbocycles. The molecule has 0 unspecified atom stereocenters. The summed E-state index contributed by atoms with van der Waals surface area (Å²) in [5, 5.41) is 11.0. The fourth-order valence-electron chi connectivity index (χ4n) is 0.434. The largest absolute Gasteiger partial charge is 0.478 e. The molecule has 2 N–H and O–H groups in total. The van der Waals surface area contributed by atoms with Crippen molar-refractivity contribution in [1.29, 1.82) is 0 Å². The summed E-state index contributed by atoms with van der Waals surface area (Å²) in [7, 11) is 0. The van der Waals surface area contributed by atoms with Gasteiger partial charge in [0.2, 0.25) is 0 Å². The van der Waals surface area contributed by atoms with Crippen LogP contribution in [0.3, 0.4) is 0 Å². The molecule has 0 fully saturated rings. The first-order valence-electron chi connectivity index (χ1n) is 3.25. The fourth-order valence-corrected chi connectivity index (χ4v) is 0.434. The van der Waals surface area contributed by atoms with E-state index in [9.17, 15) is 4.79 Å². The molecule has 3 nitrogen and oxygen atoms in total. The molecule has 0 spiro atoms. The standard InChI is InChI=1S/C7H13NO2/c1-6(2)5-8-4-3-7(9)10/h3-4,6,8H,5H2,1-2H3,(H,9,10)/b4-3+. The maximum Gasteiger partial charge on any atom is 0.329 e. The Morgan fingerprint density at radius 1 is 1.70 bits per heavy atom. The highest BCUT2D eigenvalue weighted by molar-refractivity contribution is 5.79. The zero-order valence-corrected chi connectivity index (χ0v) is 6.29. The number of hydrogen-bond donors (Lipinski definition) is 2. The van der Waals surface area contributed by atoms with Crippen molar-refractivity contribution >= 4 is 5.97 Å². The monoisotopic (exact) mass is 143 g/mol. The third-order valence-electron chi connectivity index (χ3n) is 0.870. The second-order valence-electron chi connectivity index (χ2n) is 2.47. The summed E-state index contributed by atoms with van der Waals surface area (Å²) in [6.45, 7) is 4.92. The Bertz CT molecular complexity index is 130. The van der Waals surface area contributed by atoms with Gasteiger partial charge in [-0.1, -0.05) is 13.8 Å². The Labute approximate surface area is 60.7 Å². The van der Waals surface area contributed by atoms with Crippen molar-refractivity contribution in [2.75, 3.05) is 6.54 Å². The van der Waals surface area contributed by atoms with Gasteiger partial charge in [-0.05, 0) is 5.92 Å². The van der Waals surface area contributed by atoms with E-state index in [4.69, 9.17) is 5.11 Å². The van der Waals surface area contributed by atoms with Crippen LogP contribution in [-0.2, 0) is 4.79 Å². The van der Waals surface area contributed by atoms with Crippen LogP contribution in [0, 0.1) is 5.92 Å². The number of carboxylic acid groups (broad SMARTS) is 1. The lowest BCUT2D eigenvalue weighted by Gasteiger charge is -2.01. The van der Waals surface area contributed by atoms with Crippen LogP contribution in [0.15, 0.2) is 12.3 Å². The van der Waals surface area contributed by atoms with Gasteiger partial charge >= 0.3 is 5.97 Å². The van der Waals surface area contributed by atoms with Crippen LogP contribution < -0.4 is 5.32 Å². The first-order chi connectivity index (χ1) is 4.63. The maximum atomic E-state index is 9.92. The van der Waals surface area contributed by atoms with Crippen molar-refractivity contribution in [2.24, 2.45) is 5.92 Å². The lowest BCUT2D eigenvalue weighted by molar-refractivity contribution is -0.131. The topological polar surface area (TPSA) is 49.3 Å². The average Bonchev–Trinajstić information content (AvgIpc) is 1.79. The van der Waals surface area contributed by atoms with Crippen LogP contribution in [0.25, 0.3) is 0 Å². The molecular weight excluding hydrogens is 130 g/mol. The van der Waals surface area contributed by atoms with Crippen LogP contribution in [0.5, 0.6) is 0 Å². The molecule has 0 bridgehead atoms. The Hall–Kier alpha value is -0.990. The minimum absolute atomic E-state index is 0.540. The molecule has 0 atom stereocenters. The molecule has 10 heavy (non-hydrogen) atoms. The molecular formula is C7H13NO2. The lowest BCUT2D eigenvalue weighted by Crippen LogP contribution is -2.13. The second-order valence-corrected chi connectivity index (χ2v) is 2.47. The molecule has 0 rings (SSSR count). The van der Waals surface area contributed by atoms with E-state index in [1.54, 1.807) is 0 Å². The van der Waals surface area contributed by atoms with Gasteiger partial charge in [0.25, 0.3) is 0 Å². The van der Waals surface area contributed by atoms with E-state index in [2.05, 4.69) is 19.2 Å². The minimum Gasteiger partial charge on any atom is -0.478 e. The Balaban J connectivity index is 3.27. The van der Waals surface area contributed by atoms with E-state index in [-0.39, 0.29) is 0 Å². The predicted octanol–water partition coefficient (Wildman–Crippen LogP) is 0.830. The summed E-state index contributed by atoms with van der Waals surface area (Å²) in [4.78, 5) is 9.92. The van der Waals surface area contributed by atoms with Gasteiger partial charge in [0, 0.05) is 18.8 Å². The van der Waals surface area contributed by atoms with Gasteiger partial charge in [-0.2, -0.15) is 0 Å². The molecule has 0 heterocycles. The molecule has 3 heteroatoms. The lowest BCUT2D eigenvalue weighted by atomic mass is 10.2. The number of aliphatic carboxylic acids is 1. The summed E-state index contributed by atoms with van der Waals surface area (Å²) in [5.41, 5.74) is 0. The van der Waals surface area contributed by atoms with E-state index in [0.29, 0.717) is 5.92 Å². The van der Waals surface area contributed by atoms with Crippen molar-refractivity contribution in [3.05, 3.63) is 12.3 Å². The molecule has 0 saturated heterocycles. The van der Waals surface area contributed by atoms with E-state index in [1.807, 2.05) is 0 Å². The Kier molecular flexibility index (Phi) is 4.37. The van der Waals surface area contributed by atoms with Gasteiger partial charge in [-0.15, -0.1) is 0 Å². The van der Waals surface area contributed by atoms with E-state index < -0.39 is 5.97 Å². The predicted molar refractivity (Wildman–Crippen MR) is 39.6 cm³/mol. The van der Waals surface area contributed by atoms with Gasteiger partial charge < -0.3 is 10.4 Å². The summed E-state index contributed by atoms with van der Waals surface area (Å²) in [6, 6.07) is 0. The van der Waals surface area contributed by atoms with Crippen molar-refractivity contribution in [2.45, 2.75) is 13.8 Å². The number of nitrogens with one attached hydrogen (secondary N) is 1. The molecule has 0 saturated carbocycles. The highest BCUT2D eigenvalue weighted by Gasteiger charge is 1.88. The van der Waals surface area contributed by atoms with Gasteiger partial charge in [0.05, 0.1) is 0 Å². The quantitative estimate of drug-likeness (QED) is 0.573. The normalized spacial score (nSPS) is 10.7. The van der Waals surface area contributed by atoms with Crippen LogP contribution >= 0.6 is 0 Å². The molecule has 0 aliphatic heterocycles. The highest BCUT2D eigenvalue weighted by Crippen LogP contribution is 1.85. The fraction of sp³-hybridized carbons (Fsp3) is 0.571. The summed E-state index contributed by atoms with van der Waals surface area (Å²) in [5.74, 6) is -0.380. The van der Waals surface area contributed by atoms with E-state index in [0.717, 1.165) is 12.6 Å². The molecule has 0 aliphatic rings. The Morgan fingerprint density at radius 2 is 2.30 bits per heavy atom. The molecule has 0 aromatic rings. The molecule has 0 radical (unpaired) electrons. The van der Waals surface area contributed by atoms with E-state index >= 15 is 0 Å². The zero-order valence-electron chi connectivity index (χ0n) is 6.29. The van der Waals surface area contributed by atoms with Gasteiger partial charge in [0.15, 0.2) is 0 Å². The van der Waals surface area contributed by atoms with Gasteiger partial charge in [-0.25, -0.2) is 4.79 Å². The van der Waals surface area contributed by atoms with Crippen LogP contribution in [-0.4, -0.2) is 17.6 Å². The number of rotatable bonds is 4. The van der Waals surface area contributed by atoms with Crippen molar-refractivity contribution in [1.82, 2.24) is 5.32 Å². The first-order valence-corrected chi connectivity index (χ1v) is 3.25. The van der Waals surface area contributed by atoms with Crippen LogP contribution in [0.4, 0.5) is 0 Å². The smallest absolute Gasteiger partial charge is 0.329 e. The minimum atomic E-state index is -0.920. The third kappa shape index (κ3) is 7.01. The second kappa shape index (κ2) is 4.85. The number of carboxylic acids is 1. The van der Waals surface area contributed by atoms with Crippen LogP contribution in [0.2, 0.25) is 0 Å². The zero-order chi connectivity index (χ0) is 7.98. The molecule has 0 amide bonds. The van der Waals surface area contributed by atoms with E-state index in [1.165, 1.54) is 6.20 Å². The summed E-state index contributed by atoms with van der Waals surface area (Å²) in [6.07, 6.45) is 2.53. The van der Waals surface area contributed by atoms with Gasteiger partial charge in [0.1, 0.15) is 0 Å². The number of hydrogen-bond acceptors (Lipinski definition) is 2. The highest BCUT2D eigenvalue weighted by atomic mass is 16.4. The first kappa shape index (κ1) is 9.01. The molecule has 0 aromatic heterocycles.